The number of carbonyl (C=O) groups is 1. The lowest BCUT2D eigenvalue weighted by molar-refractivity contribution is -0.119. The van der Waals surface area contributed by atoms with Crippen LogP contribution in [0.1, 0.15) is 11.1 Å². The van der Waals surface area contributed by atoms with Crippen LogP contribution in [0.4, 0.5) is 4.39 Å². The molecule has 2 N–H and O–H groups in total. The minimum absolute atomic E-state index is 0.314. The second-order valence-electron chi connectivity index (χ2n) is 5.31. The van der Waals surface area contributed by atoms with Crippen molar-refractivity contribution in [2.45, 2.75) is 6.42 Å². The minimum Gasteiger partial charge on any atom is -0.355 e. The second-order valence-corrected chi connectivity index (χ2v) is 6.96. The van der Waals surface area contributed by atoms with Gasteiger partial charge in [-0.1, -0.05) is 42.5 Å². The van der Waals surface area contributed by atoms with Gasteiger partial charge in [-0.3, -0.25) is 4.79 Å². The van der Waals surface area contributed by atoms with Crippen molar-refractivity contribution in [1.82, 2.24) is 10.0 Å². The zero-order valence-corrected chi connectivity index (χ0v) is 14.3. The zero-order valence-electron chi connectivity index (χ0n) is 13.5. The van der Waals surface area contributed by atoms with Gasteiger partial charge in [-0.25, -0.2) is 17.5 Å². The van der Waals surface area contributed by atoms with E-state index in [1.165, 1.54) is 18.2 Å². The first-order valence-corrected chi connectivity index (χ1v) is 9.23. The highest BCUT2D eigenvalue weighted by atomic mass is 32.2. The molecule has 0 heterocycles. The zero-order chi connectivity index (χ0) is 18.1. The third-order valence-corrected chi connectivity index (χ3v) is 4.36. The van der Waals surface area contributed by atoms with Crippen molar-refractivity contribution in [2.75, 3.05) is 13.1 Å². The lowest BCUT2D eigenvalue weighted by Crippen LogP contribution is -2.36. The molecule has 0 atom stereocenters. The van der Waals surface area contributed by atoms with Gasteiger partial charge in [0.2, 0.25) is 15.9 Å². The Labute approximate surface area is 146 Å². The van der Waals surface area contributed by atoms with Crippen molar-refractivity contribution >= 4 is 22.0 Å². The SMILES string of the molecule is O=C(CNS(=O)(=O)C=Cc1ccccc1)NCCc1ccc(F)cc1. The Morgan fingerprint density at radius 3 is 2.40 bits per heavy atom. The van der Waals surface area contributed by atoms with Gasteiger partial charge in [0.1, 0.15) is 5.82 Å². The van der Waals surface area contributed by atoms with Gasteiger partial charge in [-0.2, -0.15) is 0 Å². The van der Waals surface area contributed by atoms with E-state index in [2.05, 4.69) is 10.0 Å². The van der Waals surface area contributed by atoms with Crippen LogP contribution in [0.15, 0.2) is 60.0 Å². The second kappa shape index (κ2) is 9.10. The van der Waals surface area contributed by atoms with Crippen LogP contribution in [0, 0.1) is 5.82 Å². The van der Waals surface area contributed by atoms with Crippen LogP contribution in [0.5, 0.6) is 0 Å². The van der Waals surface area contributed by atoms with E-state index in [9.17, 15) is 17.6 Å². The smallest absolute Gasteiger partial charge is 0.235 e. The highest BCUT2D eigenvalue weighted by Crippen LogP contribution is 2.03. The highest BCUT2D eigenvalue weighted by molar-refractivity contribution is 7.92. The molecular formula is C18H19FN2O3S. The normalized spacial score (nSPS) is 11.6. The average molecular weight is 362 g/mol. The third kappa shape index (κ3) is 7.28. The van der Waals surface area contributed by atoms with Gasteiger partial charge in [-0.15, -0.1) is 0 Å². The Bertz CT molecular complexity index is 819. The molecule has 0 radical (unpaired) electrons. The minimum atomic E-state index is -3.69. The predicted molar refractivity (Wildman–Crippen MR) is 95.5 cm³/mol. The number of nitrogens with one attached hydrogen (secondary N) is 2. The van der Waals surface area contributed by atoms with Crippen molar-refractivity contribution in [1.29, 1.82) is 0 Å². The first kappa shape index (κ1) is 18.8. The molecule has 0 spiro atoms. The van der Waals surface area contributed by atoms with Crippen LogP contribution in [-0.2, 0) is 21.2 Å². The molecular weight excluding hydrogens is 343 g/mol. The van der Waals surface area contributed by atoms with Crippen molar-refractivity contribution in [3.63, 3.8) is 0 Å². The molecule has 0 bridgehead atoms. The van der Waals surface area contributed by atoms with E-state index in [1.807, 2.05) is 6.07 Å². The Kier molecular flexibility index (Phi) is 6.85. The number of carbonyl (C=O) groups excluding carboxylic acids is 1. The Morgan fingerprint density at radius 2 is 1.72 bits per heavy atom. The number of halogens is 1. The van der Waals surface area contributed by atoms with Crippen molar-refractivity contribution in [2.24, 2.45) is 0 Å². The third-order valence-electron chi connectivity index (χ3n) is 3.32. The van der Waals surface area contributed by atoms with Gasteiger partial charge in [0, 0.05) is 12.0 Å². The summed E-state index contributed by atoms with van der Waals surface area (Å²) >= 11 is 0. The van der Waals surface area contributed by atoms with Crippen LogP contribution in [0.25, 0.3) is 6.08 Å². The molecule has 25 heavy (non-hydrogen) atoms. The Morgan fingerprint density at radius 1 is 1.04 bits per heavy atom. The number of benzene rings is 2. The molecule has 7 heteroatoms. The summed E-state index contributed by atoms with van der Waals surface area (Å²) in [6.07, 6.45) is 1.99. The Balaban J connectivity index is 1.73. The largest absolute Gasteiger partial charge is 0.355 e. The molecule has 2 aromatic rings. The molecule has 2 aromatic carbocycles. The fourth-order valence-corrected chi connectivity index (χ4v) is 2.77. The van der Waals surface area contributed by atoms with Gasteiger partial charge in [0.15, 0.2) is 0 Å². The predicted octanol–water partition coefficient (Wildman–Crippen LogP) is 2.07. The Hall–Kier alpha value is -2.51. The summed E-state index contributed by atoms with van der Waals surface area (Å²) in [7, 11) is -3.69. The van der Waals surface area contributed by atoms with Crippen LogP contribution in [-0.4, -0.2) is 27.4 Å². The van der Waals surface area contributed by atoms with Crippen molar-refractivity contribution in [3.05, 3.63) is 76.9 Å². The molecule has 0 saturated carbocycles. The number of sulfonamides is 1. The average Bonchev–Trinajstić information content (AvgIpc) is 2.61. The monoisotopic (exact) mass is 362 g/mol. The molecule has 0 fully saturated rings. The molecule has 5 nitrogen and oxygen atoms in total. The molecule has 0 aliphatic rings. The van der Waals surface area contributed by atoms with Gasteiger partial charge >= 0.3 is 0 Å². The summed E-state index contributed by atoms with van der Waals surface area (Å²) in [5, 5.41) is 3.63. The standard InChI is InChI=1S/C18H19FN2O3S/c19-17-8-6-16(7-9-17)10-12-20-18(22)14-21-25(23,24)13-11-15-4-2-1-3-5-15/h1-9,11,13,21H,10,12,14H2,(H,20,22). The van der Waals surface area contributed by atoms with Gasteiger partial charge in [0.05, 0.1) is 6.54 Å². The summed E-state index contributed by atoms with van der Waals surface area (Å²) in [6.45, 7) is -0.00305. The molecule has 0 aromatic heterocycles. The number of rotatable bonds is 8. The van der Waals surface area contributed by atoms with E-state index in [0.29, 0.717) is 13.0 Å². The highest BCUT2D eigenvalue weighted by Gasteiger charge is 2.08. The fraction of sp³-hybridized carbons (Fsp3) is 0.167. The maximum atomic E-state index is 12.8. The summed E-state index contributed by atoms with van der Waals surface area (Å²) < 4.78 is 38.6. The molecule has 0 aliphatic carbocycles. The maximum Gasteiger partial charge on any atom is 0.235 e. The lowest BCUT2D eigenvalue weighted by Gasteiger charge is -2.06. The van der Waals surface area contributed by atoms with Crippen LogP contribution in [0.2, 0.25) is 0 Å². The van der Waals surface area contributed by atoms with E-state index in [1.54, 1.807) is 36.4 Å². The first-order valence-electron chi connectivity index (χ1n) is 7.68. The van der Waals surface area contributed by atoms with Crippen LogP contribution in [0.3, 0.4) is 0 Å². The van der Waals surface area contributed by atoms with Crippen LogP contribution < -0.4 is 10.0 Å². The van der Waals surface area contributed by atoms with E-state index >= 15 is 0 Å². The quantitative estimate of drug-likeness (QED) is 0.755. The topological polar surface area (TPSA) is 75.3 Å². The fourth-order valence-electron chi connectivity index (χ4n) is 2.01. The van der Waals surface area contributed by atoms with Gasteiger partial charge < -0.3 is 5.32 Å². The van der Waals surface area contributed by atoms with Gasteiger partial charge in [0.25, 0.3) is 0 Å². The lowest BCUT2D eigenvalue weighted by atomic mass is 10.1. The van der Waals surface area contributed by atoms with E-state index in [0.717, 1.165) is 16.5 Å². The number of amides is 1. The van der Waals surface area contributed by atoms with Crippen molar-refractivity contribution in [3.8, 4) is 0 Å². The summed E-state index contributed by atoms with van der Waals surface area (Å²) in [5.74, 6) is -0.746. The molecule has 2 rings (SSSR count). The van der Waals surface area contributed by atoms with E-state index < -0.39 is 15.9 Å². The van der Waals surface area contributed by atoms with Gasteiger partial charge in [-0.05, 0) is 35.8 Å². The molecule has 0 unspecified atom stereocenters. The number of hydrogen-bond acceptors (Lipinski definition) is 3. The molecule has 0 aliphatic heterocycles. The molecule has 1 amide bonds. The summed E-state index contributed by atoms with van der Waals surface area (Å²) in [5.41, 5.74) is 1.63. The number of hydrogen-bond donors (Lipinski definition) is 2. The van der Waals surface area contributed by atoms with Crippen LogP contribution >= 0.6 is 0 Å². The summed E-state index contributed by atoms with van der Waals surface area (Å²) in [6, 6.07) is 15.0. The maximum absolute atomic E-state index is 12.8. The van der Waals surface area contributed by atoms with E-state index in [-0.39, 0.29) is 12.4 Å². The summed E-state index contributed by atoms with van der Waals surface area (Å²) in [4.78, 5) is 11.7. The molecule has 132 valence electrons. The first-order chi connectivity index (χ1) is 11.9. The van der Waals surface area contributed by atoms with Crippen molar-refractivity contribution < 1.29 is 17.6 Å². The molecule has 0 saturated heterocycles. The van der Waals surface area contributed by atoms with E-state index in [4.69, 9.17) is 0 Å².